The van der Waals surface area contributed by atoms with Crippen molar-refractivity contribution < 1.29 is 0 Å². The molecule has 0 amide bonds. The average molecular weight is 270 g/mol. The smallest absolute Gasteiger partial charge is 0.191 e. The van der Waals surface area contributed by atoms with E-state index in [4.69, 9.17) is 0 Å². The number of nitrogens with zero attached hydrogens (tertiary/aromatic N) is 4. The van der Waals surface area contributed by atoms with Crippen molar-refractivity contribution in [3.8, 4) is 0 Å². The normalized spacial score (nSPS) is 11.6. The topological polar surface area (TPSA) is 67.1 Å². The Balaban J connectivity index is 2.27. The zero-order chi connectivity index (χ0) is 13.2. The molecule has 0 atom stereocenters. The molecule has 102 valence electrons. The predicted molar refractivity (Wildman–Crippen MR) is 77.1 cm³/mol. The van der Waals surface area contributed by atoms with Crippen LogP contribution in [0.5, 0.6) is 0 Å². The highest BCUT2D eigenvalue weighted by atomic mass is 32.2. The van der Waals surface area contributed by atoms with Crippen molar-refractivity contribution in [1.82, 2.24) is 25.4 Å². The molecule has 0 fully saturated rings. The zero-order valence-corrected chi connectivity index (χ0v) is 12.1. The van der Waals surface area contributed by atoms with Gasteiger partial charge in [-0.2, -0.15) is 11.8 Å². The number of aliphatic imine (C=N–C) groups is 1. The van der Waals surface area contributed by atoms with Crippen LogP contribution in [0.4, 0.5) is 0 Å². The van der Waals surface area contributed by atoms with Gasteiger partial charge in [0.15, 0.2) is 5.96 Å². The highest BCUT2D eigenvalue weighted by Gasteiger charge is 2.01. The minimum Gasteiger partial charge on any atom is -0.356 e. The summed E-state index contributed by atoms with van der Waals surface area (Å²) in [6.45, 7) is 4.66. The summed E-state index contributed by atoms with van der Waals surface area (Å²) in [7, 11) is 1.78. The van der Waals surface area contributed by atoms with E-state index in [0.29, 0.717) is 0 Å². The molecule has 0 saturated heterocycles. The molecule has 2 N–H and O–H groups in total. The molecule has 0 saturated carbocycles. The van der Waals surface area contributed by atoms with Crippen molar-refractivity contribution in [3.63, 3.8) is 0 Å². The minimum atomic E-state index is 0.810. The van der Waals surface area contributed by atoms with Crippen LogP contribution < -0.4 is 10.6 Å². The van der Waals surface area contributed by atoms with Gasteiger partial charge in [-0.3, -0.25) is 4.99 Å². The number of guanidine groups is 1. The van der Waals surface area contributed by atoms with E-state index in [0.717, 1.165) is 43.6 Å². The molecular weight excluding hydrogens is 248 g/mol. The molecule has 6 nitrogen and oxygen atoms in total. The lowest BCUT2D eigenvalue weighted by Gasteiger charge is -2.12. The molecule has 18 heavy (non-hydrogen) atoms. The van der Waals surface area contributed by atoms with E-state index >= 15 is 0 Å². The lowest BCUT2D eigenvalue weighted by Crippen LogP contribution is -2.39. The molecule has 0 radical (unpaired) electrons. The van der Waals surface area contributed by atoms with Crippen LogP contribution in [0, 0.1) is 0 Å². The molecule has 1 rings (SSSR count). The third-order valence-electron chi connectivity index (χ3n) is 2.48. The van der Waals surface area contributed by atoms with Gasteiger partial charge in [-0.1, -0.05) is 6.92 Å². The fourth-order valence-corrected chi connectivity index (χ4v) is 1.83. The monoisotopic (exact) mass is 270 g/mol. The minimum absolute atomic E-state index is 0.810. The van der Waals surface area contributed by atoms with E-state index in [1.807, 2.05) is 11.8 Å². The summed E-state index contributed by atoms with van der Waals surface area (Å²) in [6.07, 6.45) is 4.77. The van der Waals surface area contributed by atoms with Crippen molar-refractivity contribution in [2.24, 2.45) is 4.99 Å². The second kappa shape index (κ2) is 8.79. The summed E-state index contributed by atoms with van der Waals surface area (Å²) in [5, 5.41) is 14.5. The zero-order valence-electron chi connectivity index (χ0n) is 11.3. The summed E-state index contributed by atoms with van der Waals surface area (Å²) in [5.74, 6) is 2.93. The van der Waals surface area contributed by atoms with Gasteiger partial charge in [0, 0.05) is 38.9 Å². The van der Waals surface area contributed by atoms with Gasteiger partial charge in [0.1, 0.15) is 12.2 Å². The van der Waals surface area contributed by atoms with Gasteiger partial charge in [-0.25, -0.2) is 0 Å². The molecule has 0 aliphatic heterocycles. The van der Waals surface area contributed by atoms with Crippen molar-refractivity contribution in [2.45, 2.75) is 19.9 Å². The predicted octanol–water partition coefficient (Wildman–Crippen LogP) is 0.369. The molecule has 1 aromatic heterocycles. The summed E-state index contributed by atoms with van der Waals surface area (Å²) in [4.78, 5) is 4.17. The Morgan fingerprint density at radius 3 is 2.89 bits per heavy atom. The highest BCUT2D eigenvalue weighted by molar-refractivity contribution is 7.98. The third kappa shape index (κ3) is 4.95. The fraction of sp³-hybridized carbons (Fsp3) is 0.727. The van der Waals surface area contributed by atoms with Crippen LogP contribution in [0.25, 0.3) is 0 Å². The van der Waals surface area contributed by atoms with Gasteiger partial charge in [0.05, 0.1) is 0 Å². The third-order valence-corrected chi connectivity index (χ3v) is 3.09. The first kappa shape index (κ1) is 14.8. The highest BCUT2D eigenvalue weighted by Crippen LogP contribution is 1.94. The number of rotatable bonds is 7. The lowest BCUT2D eigenvalue weighted by atomic mass is 10.4. The summed E-state index contributed by atoms with van der Waals surface area (Å²) in [5.41, 5.74) is 0. The standard InChI is InChI=1S/C11H22N6S/c1-4-10-16-15-9-17(10)7-5-13-11(12-2)14-6-8-18-3/h9H,4-8H2,1-3H3,(H2,12,13,14). The van der Waals surface area contributed by atoms with Crippen LogP contribution in [0.15, 0.2) is 11.3 Å². The van der Waals surface area contributed by atoms with E-state index in [-0.39, 0.29) is 0 Å². The SMILES string of the molecule is CCc1nncn1CCNC(=NC)NCCSC. The van der Waals surface area contributed by atoms with Gasteiger partial charge < -0.3 is 15.2 Å². The maximum absolute atomic E-state index is 4.17. The molecule has 0 aromatic carbocycles. The Bertz CT molecular complexity index is 362. The number of hydrogen-bond donors (Lipinski definition) is 2. The Morgan fingerprint density at radius 1 is 1.44 bits per heavy atom. The van der Waals surface area contributed by atoms with Crippen LogP contribution in [-0.2, 0) is 13.0 Å². The Hall–Kier alpha value is -1.24. The molecule has 1 aromatic rings. The average Bonchev–Trinajstić information content (AvgIpc) is 2.84. The molecule has 0 bridgehead atoms. The molecule has 7 heteroatoms. The van der Waals surface area contributed by atoms with Crippen molar-refractivity contribution in [3.05, 3.63) is 12.2 Å². The van der Waals surface area contributed by atoms with E-state index in [9.17, 15) is 0 Å². The first-order chi connectivity index (χ1) is 8.81. The van der Waals surface area contributed by atoms with Crippen LogP contribution in [0.3, 0.4) is 0 Å². The molecule has 0 spiro atoms. The van der Waals surface area contributed by atoms with E-state index in [1.165, 1.54) is 0 Å². The van der Waals surface area contributed by atoms with Crippen LogP contribution in [0.2, 0.25) is 0 Å². The quantitative estimate of drug-likeness (QED) is 0.426. The molecule has 0 unspecified atom stereocenters. The number of nitrogens with one attached hydrogen (secondary N) is 2. The van der Waals surface area contributed by atoms with Crippen LogP contribution >= 0.6 is 11.8 Å². The summed E-state index contributed by atoms with van der Waals surface area (Å²) >= 11 is 1.81. The fourth-order valence-electron chi connectivity index (χ4n) is 1.53. The van der Waals surface area contributed by atoms with Crippen LogP contribution in [-0.4, -0.2) is 52.9 Å². The second-order valence-corrected chi connectivity index (χ2v) is 4.70. The lowest BCUT2D eigenvalue weighted by molar-refractivity contribution is 0.634. The van der Waals surface area contributed by atoms with E-state index < -0.39 is 0 Å². The number of thioether (sulfide) groups is 1. The van der Waals surface area contributed by atoms with Gasteiger partial charge in [-0.05, 0) is 6.26 Å². The Kier molecular flexibility index (Phi) is 7.24. The van der Waals surface area contributed by atoms with Gasteiger partial charge in [-0.15, -0.1) is 10.2 Å². The van der Waals surface area contributed by atoms with Gasteiger partial charge in [0.25, 0.3) is 0 Å². The number of hydrogen-bond acceptors (Lipinski definition) is 4. The summed E-state index contributed by atoms with van der Waals surface area (Å²) < 4.78 is 2.06. The largest absolute Gasteiger partial charge is 0.356 e. The van der Waals surface area contributed by atoms with Crippen molar-refractivity contribution in [1.29, 1.82) is 0 Å². The molecular formula is C11H22N6S. The Labute approximate surface area is 113 Å². The van der Waals surface area contributed by atoms with Crippen molar-refractivity contribution >= 4 is 17.7 Å². The maximum atomic E-state index is 4.17. The molecule has 0 aliphatic carbocycles. The maximum Gasteiger partial charge on any atom is 0.191 e. The first-order valence-electron chi connectivity index (χ1n) is 6.12. The first-order valence-corrected chi connectivity index (χ1v) is 7.51. The van der Waals surface area contributed by atoms with Crippen LogP contribution in [0.1, 0.15) is 12.7 Å². The summed E-state index contributed by atoms with van der Waals surface area (Å²) in [6, 6.07) is 0. The van der Waals surface area contributed by atoms with Gasteiger partial charge >= 0.3 is 0 Å². The Morgan fingerprint density at radius 2 is 2.22 bits per heavy atom. The van der Waals surface area contributed by atoms with E-state index in [1.54, 1.807) is 13.4 Å². The number of aryl methyl sites for hydroxylation is 1. The van der Waals surface area contributed by atoms with Crippen molar-refractivity contribution in [2.75, 3.05) is 32.1 Å². The van der Waals surface area contributed by atoms with E-state index in [2.05, 4.69) is 43.6 Å². The molecule has 1 heterocycles. The molecule has 0 aliphatic rings. The van der Waals surface area contributed by atoms with Gasteiger partial charge in [0.2, 0.25) is 0 Å². The number of aromatic nitrogens is 3. The second-order valence-electron chi connectivity index (χ2n) is 3.71.